The zero-order chi connectivity index (χ0) is 16.1. The molecular weight excluding hydrogens is 304 g/mol. The summed E-state index contributed by atoms with van der Waals surface area (Å²) in [6, 6.07) is 6.61. The molecule has 6 nitrogen and oxygen atoms in total. The fourth-order valence-corrected chi connectivity index (χ4v) is 2.71. The minimum atomic E-state index is -1.05. The largest absolute Gasteiger partial charge is 0.482 e. The van der Waals surface area contributed by atoms with E-state index in [0.29, 0.717) is 22.0 Å². The van der Waals surface area contributed by atoms with Crippen molar-refractivity contribution in [1.29, 1.82) is 0 Å². The molecule has 1 aromatic heterocycles. The van der Waals surface area contributed by atoms with E-state index in [2.05, 4.69) is 10.3 Å². The number of carbonyl (C=O) groups is 2. The van der Waals surface area contributed by atoms with Gasteiger partial charge in [0.25, 0.3) is 5.91 Å². The van der Waals surface area contributed by atoms with Gasteiger partial charge >= 0.3 is 5.97 Å². The Morgan fingerprint density at radius 3 is 2.82 bits per heavy atom. The highest BCUT2D eigenvalue weighted by Gasteiger charge is 2.15. The van der Waals surface area contributed by atoms with Crippen LogP contribution in [0.1, 0.15) is 27.3 Å². The number of anilines is 1. The summed E-state index contributed by atoms with van der Waals surface area (Å²) in [6.07, 6.45) is 0.789. The number of carbonyl (C=O) groups excluding carboxylic acids is 1. The van der Waals surface area contributed by atoms with E-state index in [1.165, 1.54) is 11.3 Å². The maximum atomic E-state index is 12.3. The average Bonchev–Trinajstić information content (AvgIpc) is 2.87. The second-order valence-corrected chi connectivity index (χ2v) is 5.62. The van der Waals surface area contributed by atoms with Crippen molar-refractivity contribution in [2.24, 2.45) is 0 Å². The molecule has 0 aliphatic rings. The fourth-order valence-electron chi connectivity index (χ4n) is 1.81. The Hall–Kier alpha value is -2.41. The van der Waals surface area contributed by atoms with Crippen LogP contribution in [-0.2, 0) is 11.2 Å². The van der Waals surface area contributed by atoms with Gasteiger partial charge in [0, 0.05) is 11.8 Å². The Morgan fingerprint density at radius 1 is 1.41 bits per heavy atom. The first-order valence-electron chi connectivity index (χ1n) is 6.72. The van der Waals surface area contributed by atoms with Crippen molar-refractivity contribution in [3.63, 3.8) is 0 Å². The number of benzene rings is 1. The number of aliphatic carboxylic acids is 1. The van der Waals surface area contributed by atoms with Gasteiger partial charge in [-0.3, -0.25) is 4.79 Å². The molecule has 7 heteroatoms. The van der Waals surface area contributed by atoms with Gasteiger partial charge in [0.2, 0.25) is 0 Å². The molecule has 116 valence electrons. The minimum absolute atomic E-state index is 0.231. The molecule has 0 spiro atoms. The average molecular weight is 320 g/mol. The van der Waals surface area contributed by atoms with Gasteiger partial charge in [0.15, 0.2) is 6.61 Å². The number of amides is 1. The van der Waals surface area contributed by atoms with Crippen molar-refractivity contribution < 1.29 is 19.4 Å². The third-order valence-corrected chi connectivity index (χ3v) is 4.10. The van der Waals surface area contributed by atoms with Crippen molar-refractivity contribution >= 4 is 28.9 Å². The second kappa shape index (κ2) is 7.04. The molecule has 2 aromatic rings. The number of carboxylic acids is 1. The molecular formula is C15H16N2O4S. The summed E-state index contributed by atoms with van der Waals surface area (Å²) >= 11 is 1.37. The molecule has 0 fully saturated rings. The van der Waals surface area contributed by atoms with Gasteiger partial charge in [-0.15, -0.1) is 11.3 Å². The van der Waals surface area contributed by atoms with E-state index < -0.39 is 12.6 Å². The predicted octanol–water partition coefficient (Wildman–Crippen LogP) is 2.73. The van der Waals surface area contributed by atoms with E-state index in [-0.39, 0.29) is 5.91 Å². The van der Waals surface area contributed by atoms with Crippen LogP contribution in [0, 0.1) is 6.92 Å². The summed E-state index contributed by atoms with van der Waals surface area (Å²) in [7, 11) is 0. The summed E-state index contributed by atoms with van der Waals surface area (Å²) in [5, 5.41) is 12.3. The lowest BCUT2D eigenvalue weighted by Crippen LogP contribution is -2.12. The van der Waals surface area contributed by atoms with Crippen molar-refractivity contribution in [1.82, 2.24) is 4.98 Å². The van der Waals surface area contributed by atoms with E-state index in [0.717, 1.165) is 11.4 Å². The Labute approximate surface area is 131 Å². The van der Waals surface area contributed by atoms with E-state index in [1.54, 1.807) is 31.2 Å². The quantitative estimate of drug-likeness (QED) is 0.854. The SMILES string of the molecule is CCc1nc(C)c(C(=O)Nc2cccc(OCC(=O)O)c2)s1. The maximum Gasteiger partial charge on any atom is 0.341 e. The first-order valence-corrected chi connectivity index (χ1v) is 7.53. The molecule has 0 aliphatic carbocycles. The third kappa shape index (κ3) is 4.05. The van der Waals surface area contributed by atoms with Crippen molar-refractivity contribution in [3.05, 3.63) is 39.8 Å². The molecule has 2 rings (SSSR count). The van der Waals surface area contributed by atoms with Crippen molar-refractivity contribution in [2.75, 3.05) is 11.9 Å². The molecule has 0 saturated heterocycles. The zero-order valence-electron chi connectivity index (χ0n) is 12.3. The van der Waals surface area contributed by atoms with Crippen LogP contribution in [0.3, 0.4) is 0 Å². The summed E-state index contributed by atoms with van der Waals surface area (Å²) in [5.41, 5.74) is 1.25. The van der Waals surface area contributed by atoms with Crippen LogP contribution in [0.2, 0.25) is 0 Å². The van der Waals surface area contributed by atoms with Gasteiger partial charge < -0.3 is 15.2 Å². The molecule has 0 aliphatic heterocycles. The molecule has 0 radical (unpaired) electrons. The number of carboxylic acid groups (broad SMARTS) is 1. The van der Waals surface area contributed by atoms with E-state index in [4.69, 9.17) is 9.84 Å². The molecule has 0 atom stereocenters. The summed E-state index contributed by atoms with van der Waals surface area (Å²) in [4.78, 5) is 27.7. The smallest absolute Gasteiger partial charge is 0.341 e. The number of nitrogens with zero attached hydrogens (tertiary/aromatic N) is 1. The maximum absolute atomic E-state index is 12.3. The van der Waals surface area contributed by atoms with Crippen LogP contribution in [-0.4, -0.2) is 28.6 Å². The van der Waals surface area contributed by atoms with Crippen LogP contribution >= 0.6 is 11.3 Å². The molecule has 22 heavy (non-hydrogen) atoms. The highest BCUT2D eigenvalue weighted by Crippen LogP contribution is 2.22. The molecule has 2 N–H and O–H groups in total. The fraction of sp³-hybridized carbons (Fsp3) is 0.267. The van der Waals surface area contributed by atoms with Crippen molar-refractivity contribution in [3.8, 4) is 5.75 Å². The van der Waals surface area contributed by atoms with Gasteiger partial charge in [-0.25, -0.2) is 9.78 Å². The van der Waals surface area contributed by atoms with Crippen molar-refractivity contribution in [2.45, 2.75) is 20.3 Å². The topological polar surface area (TPSA) is 88.5 Å². The number of hydrogen-bond acceptors (Lipinski definition) is 5. The first kappa shape index (κ1) is 16.0. The van der Waals surface area contributed by atoms with Gasteiger partial charge in [-0.2, -0.15) is 0 Å². The van der Waals surface area contributed by atoms with Crippen LogP contribution < -0.4 is 10.1 Å². The lowest BCUT2D eigenvalue weighted by Gasteiger charge is -2.07. The van der Waals surface area contributed by atoms with Crippen LogP contribution in [0.15, 0.2) is 24.3 Å². The molecule has 0 saturated carbocycles. The highest BCUT2D eigenvalue weighted by molar-refractivity contribution is 7.13. The minimum Gasteiger partial charge on any atom is -0.482 e. The van der Waals surface area contributed by atoms with Crippen LogP contribution in [0.25, 0.3) is 0 Å². The summed E-state index contributed by atoms with van der Waals surface area (Å²) in [6.45, 7) is 3.37. The number of aromatic nitrogens is 1. The molecule has 0 bridgehead atoms. The van der Waals surface area contributed by atoms with Gasteiger partial charge in [-0.1, -0.05) is 13.0 Å². The standard InChI is InChI=1S/C15H16N2O4S/c1-3-12-16-9(2)14(22-12)15(20)17-10-5-4-6-11(7-10)21-8-13(18)19/h4-7H,3,8H2,1-2H3,(H,17,20)(H,18,19). The van der Waals surface area contributed by atoms with E-state index >= 15 is 0 Å². The summed E-state index contributed by atoms with van der Waals surface area (Å²) in [5.74, 6) is -0.901. The molecule has 1 amide bonds. The number of hydrogen-bond donors (Lipinski definition) is 2. The van der Waals surface area contributed by atoms with E-state index in [1.807, 2.05) is 6.92 Å². The van der Waals surface area contributed by atoms with E-state index in [9.17, 15) is 9.59 Å². The molecule has 1 aromatic carbocycles. The Kier molecular flexibility index (Phi) is 5.11. The van der Waals surface area contributed by atoms with Gasteiger partial charge in [0.1, 0.15) is 10.6 Å². The Morgan fingerprint density at radius 2 is 2.18 bits per heavy atom. The number of thiazole rings is 1. The number of ether oxygens (including phenoxy) is 1. The monoisotopic (exact) mass is 320 g/mol. The Balaban J connectivity index is 2.09. The Bertz CT molecular complexity index is 697. The normalized spacial score (nSPS) is 10.3. The number of rotatable bonds is 6. The van der Waals surface area contributed by atoms with Crippen LogP contribution in [0.5, 0.6) is 5.75 Å². The van der Waals surface area contributed by atoms with Gasteiger partial charge in [-0.05, 0) is 25.5 Å². The molecule has 1 heterocycles. The lowest BCUT2D eigenvalue weighted by molar-refractivity contribution is -0.139. The number of nitrogens with one attached hydrogen (secondary N) is 1. The third-order valence-electron chi connectivity index (χ3n) is 2.80. The molecule has 0 unspecified atom stereocenters. The predicted molar refractivity (Wildman–Crippen MR) is 83.8 cm³/mol. The zero-order valence-corrected chi connectivity index (χ0v) is 13.1. The highest BCUT2D eigenvalue weighted by atomic mass is 32.1. The number of aryl methyl sites for hydroxylation is 2. The first-order chi connectivity index (χ1) is 10.5. The summed E-state index contributed by atoms with van der Waals surface area (Å²) < 4.78 is 5.08. The lowest BCUT2D eigenvalue weighted by atomic mass is 10.3. The van der Waals surface area contributed by atoms with Gasteiger partial charge in [0.05, 0.1) is 10.7 Å². The second-order valence-electron chi connectivity index (χ2n) is 4.54. The van der Waals surface area contributed by atoms with Crippen LogP contribution in [0.4, 0.5) is 5.69 Å².